The Morgan fingerprint density at radius 3 is 1.12 bits per heavy atom. The Bertz CT molecular complexity index is 3170. The van der Waals surface area contributed by atoms with Crippen molar-refractivity contribution in [2.45, 2.75) is 13.0 Å². The zero-order chi connectivity index (χ0) is 52.8. The van der Waals surface area contributed by atoms with Gasteiger partial charge in [0.15, 0.2) is 88.2 Å². The van der Waals surface area contributed by atoms with Gasteiger partial charge in [-0.2, -0.15) is 4.57 Å². The number of rotatable bonds is 9. The van der Waals surface area contributed by atoms with Crippen molar-refractivity contribution >= 4 is 44.5 Å². The maximum absolute atomic E-state index is 15.4. The van der Waals surface area contributed by atoms with Crippen LogP contribution in [0, 0.1) is 116 Å². The molecule has 0 unspecified atom stereocenters. The van der Waals surface area contributed by atoms with Gasteiger partial charge < -0.3 is 0 Å². The van der Waals surface area contributed by atoms with Crippen LogP contribution in [0.3, 0.4) is 0 Å². The van der Waals surface area contributed by atoms with Crippen molar-refractivity contribution in [3.05, 3.63) is 235 Å². The van der Waals surface area contributed by atoms with Gasteiger partial charge in [0.05, 0.1) is 6.42 Å². The van der Waals surface area contributed by atoms with Gasteiger partial charge in [0, 0.05) is 27.6 Å². The quantitative estimate of drug-likeness (QED) is 0.0202. The highest BCUT2D eigenvalue weighted by atomic mass is 19.2. The SMILES string of the molecule is Fc1c(F)c(F)c([B-](c2c(F)c(F)c(F)c(F)c2F)(c2c(F)c(F)c(F)c(F)c2F)c2c(F)c(F)c(F)c(F)c2F)c(F)c1F.[N-]=[N+]=Nc1cccc(Cc2c3ccccc3cc[n+]2Cc2ccccc2)c1. The summed E-state index contributed by atoms with van der Waals surface area (Å²) in [6, 6.07) is 28.9. The molecule has 4 nitrogen and oxygen atoms in total. The first-order valence-corrected chi connectivity index (χ1v) is 19.8. The lowest BCUT2D eigenvalue weighted by molar-refractivity contribution is -0.693. The summed E-state index contributed by atoms with van der Waals surface area (Å²) in [7, 11) is 0. The van der Waals surface area contributed by atoms with Crippen molar-refractivity contribution < 1.29 is 92.4 Å². The number of fused-ring (bicyclic) bond motifs is 1. The van der Waals surface area contributed by atoms with Gasteiger partial charge in [-0.15, -0.1) is 21.9 Å². The number of azide groups is 1. The second-order valence-corrected chi connectivity index (χ2v) is 15.3. The Morgan fingerprint density at radius 1 is 0.389 bits per heavy atom. The van der Waals surface area contributed by atoms with Crippen LogP contribution >= 0.6 is 0 Å². The van der Waals surface area contributed by atoms with E-state index in [4.69, 9.17) is 5.53 Å². The third-order valence-electron chi connectivity index (χ3n) is 11.4. The molecule has 0 aliphatic carbocycles. The van der Waals surface area contributed by atoms with E-state index in [2.05, 4.69) is 81.5 Å². The van der Waals surface area contributed by atoms with Crippen molar-refractivity contribution in [2.75, 3.05) is 0 Å². The minimum absolute atomic E-state index is 0.643. The fourth-order valence-electron chi connectivity index (χ4n) is 8.29. The normalized spacial score (nSPS) is 11.4. The van der Waals surface area contributed by atoms with Crippen LogP contribution in [0.25, 0.3) is 21.2 Å². The fraction of sp³-hybridized carbons (Fsp3) is 0.0426. The highest BCUT2D eigenvalue weighted by molar-refractivity contribution is 7.20. The highest BCUT2D eigenvalue weighted by Crippen LogP contribution is 2.31. The van der Waals surface area contributed by atoms with E-state index < -0.39 is 144 Å². The molecule has 0 N–H and O–H groups in total. The van der Waals surface area contributed by atoms with Gasteiger partial charge in [-0.1, -0.05) is 71.8 Å². The van der Waals surface area contributed by atoms with E-state index in [1.54, 1.807) is 0 Å². The molecule has 0 amide bonds. The molecule has 370 valence electrons. The van der Waals surface area contributed by atoms with Gasteiger partial charge in [0.2, 0.25) is 0 Å². The third kappa shape index (κ3) is 8.45. The molecular formula is C47H19BF20N4. The molecule has 0 fully saturated rings. The zero-order valence-corrected chi connectivity index (χ0v) is 35.0. The monoisotopic (exact) mass is 1030 g/mol. The summed E-state index contributed by atoms with van der Waals surface area (Å²) >= 11 is 0. The van der Waals surface area contributed by atoms with Crippen molar-refractivity contribution in [2.24, 2.45) is 5.11 Å². The van der Waals surface area contributed by atoms with Gasteiger partial charge >= 0.3 is 0 Å². The topological polar surface area (TPSA) is 52.6 Å². The number of benzene rings is 7. The molecule has 8 aromatic rings. The molecular weight excluding hydrogens is 1010 g/mol. The second-order valence-electron chi connectivity index (χ2n) is 15.3. The smallest absolute Gasteiger partial charge is 0.200 e. The van der Waals surface area contributed by atoms with Crippen LogP contribution in [-0.4, -0.2) is 6.15 Å². The summed E-state index contributed by atoms with van der Waals surface area (Å²) < 4.78 is 296. The van der Waals surface area contributed by atoms with Crippen LogP contribution in [0.15, 0.2) is 96.2 Å². The van der Waals surface area contributed by atoms with E-state index in [0.717, 1.165) is 18.5 Å². The summed E-state index contributed by atoms with van der Waals surface area (Å²) in [5.74, 6) is -71.4. The molecule has 1 aromatic heterocycles. The molecule has 8 rings (SSSR count). The van der Waals surface area contributed by atoms with Crippen LogP contribution in [0.1, 0.15) is 16.8 Å². The van der Waals surface area contributed by atoms with Crippen LogP contribution in [0.2, 0.25) is 0 Å². The molecule has 7 aromatic carbocycles. The molecule has 0 atom stereocenters. The highest BCUT2D eigenvalue weighted by Gasteiger charge is 2.52. The molecule has 0 spiro atoms. The number of pyridine rings is 1. The van der Waals surface area contributed by atoms with Gasteiger partial charge in [-0.05, 0) is 28.6 Å². The van der Waals surface area contributed by atoms with E-state index >= 15 is 35.1 Å². The number of halogens is 20. The van der Waals surface area contributed by atoms with Gasteiger partial charge in [0.25, 0.3) is 0 Å². The number of hydrogen-bond acceptors (Lipinski definition) is 1. The van der Waals surface area contributed by atoms with Gasteiger partial charge in [0.1, 0.15) is 52.7 Å². The minimum Gasteiger partial charge on any atom is -0.207 e. The number of hydrogen-bond donors (Lipinski definition) is 0. The van der Waals surface area contributed by atoms with Gasteiger partial charge in [-0.25, -0.2) is 87.8 Å². The second kappa shape index (κ2) is 20.0. The molecule has 0 bridgehead atoms. The van der Waals surface area contributed by atoms with E-state index in [-0.39, 0.29) is 0 Å². The van der Waals surface area contributed by atoms with Crippen molar-refractivity contribution in [3.63, 3.8) is 0 Å². The first kappa shape index (κ1) is 51.8. The molecule has 25 heteroatoms. The molecule has 0 saturated carbocycles. The van der Waals surface area contributed by atoms with Crippen LogP contribution in [0.5, 0.6) is 0 Å². The lowest BCUT2D eigenvalue weighted by Gasteiger charge is -2.44. The van der Waals surface area contributed by atoms with E-state index in [0.29, 0.717) is 5.69 Å². The summed E-state index contributed by atoms with van der Waals surface area (Å²) in [4.78, 5) is 2.90. The first-order chi connectivity index (χ1) is 34.0. The molecule has 0 aliphatic heterocycles. The molecule has 72 heavy (non-hydrogen) atoms. The van der Waals surface area contributed by atoms with E-state index in [9.17, 15) is 52.7 Å². The predicted molar refractivity (Wildman–Crippen MR) is 217 cm³/mol. The maximum atomic E-state index is 15.4. The summed E-state index contributed by atoms with van der Waals surface area (Å²) in [6.45, 7) is 0.817. The summed E-state index contributed by atoms with van der Waals surface area (Å²) in [6.07, 6.45) is -4.30. The first-order valence-electron chi connectivity index (χ1n) is 19.8. The lowest BCUT2D eigenvalue weighted by atomic mass is 9.12. The lowest BCUT2D eigenvalue weighted by Crippen LogP contribution is -2.81. The number of aromatic nitrogens is 1. The van der Waals surface area contributed by atoms with Crippen molar-refractivity contribution in [1.82, 2.24) is 0 Å². The van der Waals surface area contributed by atoms with Crippen LogP contribution < -0.4 is 26.4 Å². The van der Waals surface area contributed by atoms with Gasteiger partial charge in [-0.3, -0.25) is 0 Å². The molecule has 1 heterocycles. The number of nitrogens with zero attached hydrogens (tertiary/aromatic N) is 4. The largest absolute Gasteiger partial charge is 0.207 e. The molecule has 0 radical (unpaired) electrons. The maximum Gasteiger partial charge on any atom is 0.200 e. The Hall–Kier alpha value is -8.08. The summed E-state index contributed by atoms with van der Waals surface area (Å²) in [5, 5.41) is 6.20. The average Bonchev–Trinajstić information content (AvgIpc) is 3.37. The Balaban J connectivity index is 0.000000238. The third-order valence-corrected chi connectivity index (χ3v) is 11.4. The van der Waals surface area contributed by atoms with Crippen molar-refractivity contribution in [3.8, 4) is 0 Å². The van der Waals surface area contributed by atoms with E-state index in [1.807, 2.05) is 24.3 Å². The minimum atomic E-state index is -7.22. The van der Waals surface area contributed by atoms with Crippen LogP contribution in [-0.2, 0) is 13.0 Å². The van der Waals surface area contributed by atoms with Crippen LogP contribution in [0.4, 0.5) is 93.5 Å². The zero-order valence-electron chi connectivity index (χ0n) is 35.0. The fourth-order valence-corrected chi connectivity index (χ4v) is 8.29. The summed E-state index contributed by atoms with van der Waals surface area (Å²) in [5.41, 5.74) is -1.35. The Kier molecular flexibility index (Phi) is 14.4. The van der Waals surface area contributed by atoms with E-state index in [1.165, 1.54) is 22.0 Å². The Morgan fingerprint density at radius 2 is 0.736 bits per heavy atom. The molecule has 0 aliphatic rings. The van der Waals surface area contributed by atoms with Crippen molar-refractivity contribution in [1.29, 1.82) is 0 Å². The average molecular weight is 1030 g/mol. The Labute approximate surface area is 389 Å². The molecule has 0 saturated heterocycles. The standard InChI is InChI=1S/C24BF20.C23H19N4/c26-5-1(6(27)14(35)21(42)13(5)34)25(2-7(28)15(36)22(43)16(37)8(2)29,3-9(30)17(38)23(44)18(39)10(3)31)4-11(32)19(40)24(45)20(41)12(4)33;24-26-25-21-11-6-9-19(15-21)16-23-22-12-5-4-10-20(22)13-14-27(23)17-18-7-2-1-3-8-18/h;1-15H,16-17H2/q-1;+1. The predicted octanol–water partition coefficient (Wildman–Crippen LogP) is 11.6.